The average Bonchev–Trinajstić information content (AvgIpc) is 2.46. The Labute approximate surface area is 120 Å². The minimum absolute atomic E-state index is 0.724. The third-order valence-corrected chi connectivity index (χ3v) is 3.27. The van der Waals surface area contributed by atoms with Crippen molar-refractivity contribution >= 4 is 0 Å². The van der Waals surface area contributed by atoms with Gasteiger partial charge in [-0.15, -0.1) is 0 Å². The standard InChI is InChI=1S/C17H20O3/c1-11-6-7-15(18-3)13(8-11)14-9-12(2)10-16(19-4)17(14)20-5/h6-10H,1-5H3. The molecule has 0 aliphatic heterocycles. The van der Waals surface area contributed by atoms with E-state index < -0.39 is 0 Å². The lowest BCUT2D eigenvalue weighted by atomic mass is 9.99. The second-order valence-electron chi connectivity index (χ2n) is 4.75. The maximum atomic E-state index is 5.54. The molecule has 0 unspecified atom stereocenters. The summed E-state index contributed by atoms with van der Waals surface area (Å²) in [5, 5.41) is 0. The number of benzene rings is 2. The summed E-state index contributed by atoms with van der Waals surface area (Å²) in [4.78, 5) is 0. The van der Waals surface area contributed by atoms with Gasteiger partial charge in [0.25, 0.3) is 0 Å². The lowest BCUT2D eigenvalue weighted by molar-refractivity contribution is 0.355. The molecule has 0 N–H and O–H groups in total. The first-order chi connectivity index (χ1) is 9.60. The highest BCUT2D eigenvalue weighted by molar-refractivity contribution is 5.79. The van der Waals surface area contributed by atoms with Gasteiger partial charge in [-0.25, -0.2) is 0 Å². The molecule has 0 saturated carbocycles. The number of hydrogen-bond donors (Lipinski definition) is 0. The Kier molecular flexibility index (Phi) is 4.18. The van der Waals surface area contributed by atoms with E-state index in [-0.39, 0.29) is 0 Å². The van der Waals surface area contributed by atoms with Gasteiger partial charge in [0.2, 0.25) is 0 Å². The van der Waals surface area contributed by atoms with Crippen LogP contribution in [0.4, 0.5) is 0 Å². The largest absolute Gasteiger partial charge is 0.496 e. The van der Waals surface area contributed by atoms with Crippen molar-refractivity contribution in [3.05, 3.63) is 41.5 Å². The Balaban J connectivity index is 2.74. The molecule has 0 atom stereocenters. The van der Waals surface area contributed by atoms with Gasteiger partial charge in [0, 0.05) is 11.1 Å². The van der Waals surface area contributed by atoms with Crippen LogP contribution < -0.4 is 14.2 Å². The first-order valence-electron chi connectivity index (χ1n) is 6.48. The molecule has 2 aromatic rings. The molecule has 2 rings (SSSR count). The van der Waals surface area contributed by atoms with Gasteiger partial charge in [-0.1, -0.05) is 11.6 Å². The maximum absolute atomic E-state index is 5.54. The maximum Gasteiger partial charge on any atom is 0.168 e. The minimum atomic E-state index is 0.724. The molecule has 0 aliphatic rings. The van der Waals surface area contributed by atoms with Crippen molar-refractivity contribution < 1.29 is 14.2 Å². The quantitative estimate of drug-likeness (QED) is 0.842. The molecule has 0 bridgehead atoms. The Morgan fingerprint density at radius 1 is 0.650 bits per heavy atom. The van der Waals surface area contributed by atoms with Crippen LogP contribution >= 0.6 is 0 Å². The SMILES string of the molecule is COc1ccc(C)cc1-c1cc(C)cc(OC)c1OC. The molecule has 3 heteroatoms. The van der Waals surface area contributed by atoms with Crippen molar-refractivity contribution in [2.24, 2.45) is 0 Å². The van der Waals surface area contributed by atoms with Crippen LogP contribution in [0, 0.1) is 13.8 Å². The second kappa shape index (κ2) is 5.87. The van der Waals surface area contributed by atoms with Crippen molar-refractivity contribution in [2.45, 2.75) is 13.8 Å². The van der Waals surface area contributed by atoms with Gasteiger partial charge in [-0.3, -0.25) is 0 Å². The Morgan fingerprint density at radius 3 is 1.90 bits per heavy atom. The molecular weight excluding hydrogens is 252 g/mol. The molecular formula is C17H20O3. The molecule has 0 heterocycles. The summed E-state index contributed by atoms with van der Waals surface area (Å²) >= 11 is 0. The molecule has 20 heavy (non-hydrogen) atoms. The molecule has 0 saturated heterocycles. The number of ether oxygens (including phenoxy) is 3. The van der Waals surface area contributed by atoms with E-state index in [4.69, 9.17) is 14.2 Å². The summed E-state index contributed by atoms with van der Waals surface area (Å²) in [6.07, 6.45) is 0. The fourth-order valence-corrected chi connectivity index (χ4v) is 2.33. The molecule has 0 spiro atoms. The summed E-state index contributed by atoms with van der Waals surface area (Å²) in [6, 6.07) is 10.1. The van der Waals surface area contributed by atoms with Gasteiger partial charge in [0.15, 0.2) is 11.5 Å². The highest BCUT2D eigenvalue weighted by Gasteiger charge is 2.16. The van der Waals surface area contributed by atoms with Gasteiger partial charge in [0.1, 0.15) is 5.75 Å². The summed E-state index contributed by atoms with van der Waals surface area (Å²) in [6.45, 7) is 4.09. The monoisotopic (exact) mass is 272 g/mol. The lowest BCUT2D eigenvalue weighted by Gasteiger charge is -2.16. The van der Waals surface area contributed by atoms with E-state index in [2.05, 4.69) is 19.1 Å². The molecule has 2 aromatic carbocycles. The first-order valence-corrected chi connectivity index (χ1v) is 6.48. The van der Waals surface area contributed by atoms with Crippen LogP contribution in [0.25, 0.3) is 11.1 Å². The normalized spacial score (nSPS) is 10.2. The van der Waals surface area contributed by atoms with E-state index in [0.717, 1.165) is 33.9 Å². The van der Waals surface area contributed by atoms with Crippen LogP contribution in [-0.2, 0) is 0 Å². The van der Waals surface area contributed by atoms with Gasteiger partial charge in [-0.05, 0) is 43.7 Å². The van der Waals surface area contributed by atoms with E-state index in [1.54, 1.807) is 21.3 Å². The zero-order chi connectivity index (χ0) is 14.7. The second-order valence-corrected chi connectivity index (χ2v) is 4.75. The van der Waals surface area contributed by atoms with Gasteiger partial charge < -0.3 is 14.2 Å². The Morgan fingerprint density at radius 2 is 1.30 bits per heavy atom. The van der Waals surface area contributed by atoms with E-state index in [9.17, 15) is 0 Å². The van der Waals surface area contributed by atoms with Crippen LogP contribution in [0.1, 0.15) is 11.1 Å². The van der Waals surface area contributed by atoms with Gasteiger partial charge in [0.05, 0.1) is 21.3 Å². The predicted molar refractivity (Wildman–Crippen MR) is 81.0 cm³/mol. The number of hydrogen-bond acceptors (Lipinski definition) is 3. The van der Waals surface area contributed by atoms with Crippen LogP contribution in [0.2, 0.25) is 0 Å². The lowest BCUT2D eigenvalue weighted by Crippen LogP contribution is -1.96. The summed E-state index contributed by atoms with van der Waals surface area (Å²) in [7, 11) is 4.97. The van der Waals surface area contributed by atoms with Crippen molar-refractivity contribution in [3.8, 4) is 28.4 Å². The van der Waals surface area contributed by atoms with E-state index in [1.165, 1.54) is 5.56 Å². The van der Waals surface area contributed by atoms with Crippen LogP contribution in [-0.4, -0.2) is 21.3 Å². The summed E-state index contributed by atoms with van der Waals surface area (Å²) in [5.74, 6) is 2.27. The van der Waals surface area contributed by atoms with Crippen molar-refractivity contribution in [3.63, 3.8) is 0 Å². The van der Waals surface area contributed by atoms with E-state index >= 15 is 0 Å². The summed E-state index contributed by atoms with van der Waals surface area (Å²) in [5.41, 5.74) is 4.26. The van der Waals surface area contributed by atoms with Crippen molar-refractivity contribution in [1.82, 2.24) is 0 Å². The topological polar surface area (TPSA) is 27.7 Å². The number of aryl methyl sites for hydroxylation is 2. The third kappa shape index (κ3) is 2.57. The summed E-state index contributed by atoms with van der Waals surface area (Å²) < 4.78 is 16.4. The minimum Gasteiger partial charge on any atom is -0.496 e. The molecule has 3 nitrogen and oxygen atoms in total. The van der Waals surface area contributed by atoms with Crippen LogP contribution in [0.15, 0.2) is 30.3 Å². The zero-order valence-electron chi connectivity index (χ0n) is 12.6. The third-order valence-electron chi connectivity index (χ3n) is 3.27. The van der Waals surface area contributed by atoms with Gasteiger partial charge >= 0.3 is 0 Å². The average molecular weight is 272 g/mol. The molecule has 0 aromatic heterocycles. The zero-order valence-corrected chi connectivity index (χ0v) is 12.6. The highest BCUT2D eigenvalue weighted by atomic mass is 16.5. The molecule has 0 fully saturated rings. The van der Waals surface area contributed by atoms with E-state index in [0.29, 0.717) is 0 Å². The smallest absolute Gasteiger partial charge is 0.168 e. The van der Waals surface area contributed by atoms with Crippen LogP contribution in [0.5, 0.6) is 17.2 Å². The molecule has 106 valence electrons. The fraction of sp³-hybridized carbons (Fsp3) is 0.294. The first kappa shape index (κ1) is 14.3. The van der Waals surface area contributed by atoms with Crippen molar-refractivity contribution in [1.29, 1.82) is 0 Å². The Hall–Kier alpha value is -2.16. The predicted octanol–water partition coefficient (Wildman–Crippen LogP) is 4.00. The molecule has 0 aliphatic carbocycles. The van der Waals surface area contributed by atoms with Gasteiger partial charge in [-0.2, -0.15) is 0 Å². The van der Waals surface area contributed by atoms with Crippen molar-refractivity contribution in [2.75, 3.05) is 21.3 Å². The van der Waals surface area contributed by atoms with Crippen LogP contribution in [0.3, 0.4) is 0 Å². The number of rotatable bonds is 4. The molecule has 0 radical (unpaired) electrons. The highest BCUT2D eigenvalue weighted by Crippen LogP contribution is 2.42. The fourth-order valence-electron chi connectivity index (χ4n) is 2.33. The Bertz CT molecular complexity index is 618. The molecule has 0 amide bonds. The van der Waals surface area contributed by atoms with E-state index in [1.807, 2.05) is 25.1 Å². The number of methoxy groups -OCH3 is 3.